The van der Waals surface area contributed by atoms with E-state index in [9.17, 15) is 38.4 Å². The number of carbonyl (C=O) groups excluding carboxylic acids is 8. The lowest BCUT2D eigenvalue weighted by Gasteiger charge is -2.71. The maximum atomic E-state index is 12.8. The van der Waals surface area contributed by atoms with Crippen molar-refractivity contribution in [2.75, 3.05) is 66.5 Å². The van der Waals surface area contributed by atoms with Crippen molar-refractivity contribution in [2.24, 2.45) is 60.6 Å². The van der Waals surface area contributed by atoms with Crippen molar-refractivity contribution in [3.8, 4) is 12.3 Å². The van der Waals surface area contributed by atoms with E-state index in [1.54, 1.807) is 17.9 Å². The molecule has 8 aliphatic carbocycles. The Kier molecular flexibility index (Phi) is 20.9. The quantitative estimate of drug-likeness (QED) is 0.0433. The third-order valence-corrected chi connectivity index (χ3v) is 16.0. The average molecular weight is 1060 g/mol. The number of amides is 8. The van der Waals surface area contributed by atoms with Gasteiger partial charge in [-0.05, 0) is 131 Å². The molecule has 0 unspecified atom stereocenters. The van der Waals surface area contributed by atoms with Gasteiger partial charge in [0.1, 0.15) is 0 Å². The van der Waals surface area contributed by atoms with Gasteiger partial charge in [0.2, 0.25) is 47.3 Å². The first-order chi connectivity index (χ1) is 35.6. The number of terminal acetylenes is 1. The lowest BCUT2D eigenvalue weighted by atomic mass is 9.35. The summed E-state index contributed by atoms with van der Waals surface area (Å²) in [4.78, 5) is 101. The summed E-state index contributed by atoms with van der Waals surface area (Å²) in [6.07, 6.45) is 18.0. The number of aryl methyl sites for hydroxylation is 1. The fourth-order valence-electron chi connectivity index (χ4n) is 15.8. The highest BCUT2D eigenvalue weighted by atomic mass is 16.2. The molecule has 1 aromatic rings. The van der Waals surface area contributed by atoms with Crippen molar-refractivity contribution < 1.29 is 38.4 Å². The smallest absolute Gasteiger partial charge is 0.232 e. The fraction of sp³-hybridized carbons (Fsp3) is 0.765. The second-order valence-electron chi connectivity index (χ2n) is 23.7. The first kappa shape index (κ1) is 61.6. The molecule has 8 N–H and O–H groups in total. The zero-order valence-corrected chi connectivity index (χ0v) is 46.0. The molecular weight excluding hydrogens is 979 g/mol. The molecule has 1 heterocycles. The third-order valence-electron chi connectivity index (χ3n) is 16.0. The molecule has 9 rings (SSSR count). The Morgan fingerprint density at radius 2 is 0.724 bits per heavy atom. The zero-order valence-electron chi connectivity index (χ0n) is 46.0. The predicted molar refractivity (Wildman–Crippen MR) is 281 cm³/mol. The van der Waals surface area contributed by atoms with E-state index in [1.807, 2.05) is 0 Å². The Morgan fingerprint density at radius 1 is 0.500 bits per heavy atom. The van der Waals surface area contributed by atoms with Crippen LogP contribution in [0.4, 0.5) is 0 Å². The highest BCUT2D eigenvalue weighted by molar-refractivity contribution is 5.79. The lowest BCUT2D eigenvalue weighted by Crippen LogP contribution is -2.68. The van der Waals surface area contributed by atoms with Crippen LogP contribution in [0.15, 0.2) is 16.4 Å². The summed E-state index contributed by atoms with van der Waals surface area (Å²) in [5.74, 6) is 1.73. The summed E-state index contributed by atoms with van der Waals surface area (Å²) in [7, 11) is 4.54. The molecule has 0 aliphatic heterocycles. The van der Waals surface area contributed by atoms with Crippen molar-refractivity contribution in [3.05, 3.63) is 32.8 Å². The Labute approximate surface area is 445 Å². The van der Waals surface area contributed by atoms with Gasteiger partial charge in [-0.1, -0.05) is 21.4 Å². The van der Waals surface area contributed by atoms with Crippen LogP contribution in [-0.4, -0.2) is 129 Å². The number of nitrogens with zero attached hydrogens (tertiary/aromatic N) is 9. The van der Waals surface area contributed by atoms with Gasteiger partial charge in [0.05, 0.1) is 18.5 Å². The van der Waals surface area contributed by atoms with Crippen LogP contribution in [0.25, 0.3) is 20.9 Å². The van der Waals surface area contributed by atoms with Gasteiger partial charge in [-0.25, -0.2) is 0 Å². The minimum atomic E-state index is -0.192. The van der Waals surface area contributed by atoms with Gasteiger partial charge in [-0.3, -0.25) is 43.0 Å². The number of nitrogens with one attached hydrogen (secondary N) is 8. The number of hydrogen-bond acceptors (Lipinski definition) is 12. The largest absolute Gasteiger partial charge is 0.356 e. The molecule has 76 heavy (non-hydrogen) atoms. The van der Waals surface area contributed by atoms with Crippen LogP contribution >= 0.6 is 0 Å². The molecule has 25 heteroatoms. The first-order valence-corrected chi connectivity index (χ1v) is 25.8. The van der Waals surface area contributed by atoms with Crippen LogP contribution in [0.5, 0.6) is 0 Å². The standard InChI is InChI=1S/C25H39N7O4.C24H36N4O4.2CH3N3/c1-17(33)26-13-22-7-23(14-27-18(2)34)9-24(8-22,15-28-19(3)35)12-25(10-22,11-23)16-29-21(36)5-20-6-32(4)31-30-20;1-5-6-20(32)28-16-24-10-21(13-25-17(2)29)7-22(11-24,14-26-18(3)30)9-23(8-21,12-24)15-27-19(4)31;2*1-3-4-2/h6H,5,7-16H2,1-4H3,(H,26,33)(H,27,34)(H,28,35)(H,29,36);1H,6-16H2,2-4H3,(H,25,29)(H,26,30)(H,27,31)(H,28,32);2*1H3. The average Bonchev–Trinajstić information content (AvgIpc) is 3.75. The minimum Gasteiger partial charge on any atom is -0.356 e. The minimum absolute atomic E-state index is 0.0428. The summed E-state index contributed by atoms with van der Waals surface area (Å²) in [6.45, 7) is 13.5. The van der Waals surface area contributed by atoms with Crippen molar-refractivity contribution in [1.82, 2.24) is 57.5 Å². The van der Waals surface area contributed by atoms with Crippen molar-refractivity contribution in [2.45, 2.75) is 131 Å². The molecular formula is C51H81N17O8. The van der Waals surface area contributed by atoms with Crippen LogP contribution in [0.2, 0.25) is 0 Å². The molecule has 25 nitrogen and oxygen atoms in total. The molecule has 0 radical (unpaired) electrons. The van der Waals surface area contributed by atoms with Crippen LogP contribution in [0, 0.1) is 55.7 Å². The van der Waals surface area contributed by atoms with Crippen LogP contribution in [0.1, 0.15) is 131 Å². The second-order valence-corrected chi connectivity index (χ2v) is 23.7. The third kappa shape index (κ3) is 17.0. The highest BCUT2D eigenvalue weighted by Crippen LogP contribution is 2.74. The second kappa shape index (κ2) is 25.7. The van der Waals surface area contributed by atoms with E-state index in [4.69, 9.17) is 17.5 Å². The van der Waals surface area contributed by atoms with E-state index in [1.165, 1.54) is 55.6 Å². The topological polar surface area (TPSA) is 361 Å². The van der Waals surface area contributed by atoms with Gasteiger partial charge in [0.15, 0.2) is 0 Å². The normalized spacial score (nSPS) is 30.1. The van der Waals surface area contributed by atoms with Crippen LogP contribution < -0.4 is 42.5 Å². The molecule has 8 bridgehead atoms. The Morgan fingerprint density at radius 3 is 0.908 bits per heavy atom. The molecule has 8 amide bonds. The van der Waals surface area contributed by atoms with E-state index in [-0.39, 0.29) is 103 Å². The SMILES string of the molecule is C#CCC(=O)NCC12CC3(CNC(C)=O)CC(CNC(C)=O)(CC(CNC(C)=O)(C3)C1)C2.CC(=O)NCC12CC3(CNC(C)=O)CC(CNC(C)=O)(C1)CC(CNC(=O)Cc1cn(C)nn1)(C2)C3.CN=[N+]=[N-].CN=[N+]=[N-]. The van der Waals surface area contributed by atoms with Gasteiger partial charge in [0, 0.05) is 131 Å². The number of rotatable bonds is 19. The Balaban J connectivity index is 0.000000289. The number of hydrogen-bond donors (Lipinski definition) is 8. The van der Waals surface area contributed by atoms with E-state index in [2.05, 4.69) is 78.8 Å². The van der Waals surface area contributed by atoms with E-state index >= 15 is 0 Å². The van der Waals surface area contributed by atoms with Gasteiger partial charge < -0.3 is 42.5 Å². The van der Waals surface area contributed by atoms with Crippen molar-refractivity contribution >= 4 is 47.3 Å². The summed E-state index contributed by atoms with van der Waals surface area (Å²) in [5, 5.41) is 38.3. The molecule has 0 aromatic carbocycles. The van der Waals surface area contributed by atoms with Gasteiger partial charge in [0.25, 0.3) is 0 Å². The van der Waals surface area contributed by atoms with Gasteiger partial charge in [-0.2, -0.15) is 0 Å². The van der Waals surface area contributed by atoms with Gasteiger partial charge >= 0.3 is 0 Å². The molecule has 8 fully saturated rings. The maximum absolute atomic E-state index is 12.8. The Bertz CT molecular complexity index is 2270. The summed E-state index contributed by atoms with van der Waals surface area (Å²) >= 11 is 0. The summed E-state index contributed by atoms with van der Waals surface area (Å²) in [6, 6.07) is 0. The molecule has 418 valence electrons. The van der Waals surface area contributed by atoms with Gasteiger partial charge in [-0.15, -0.1) is 11.5 Å². The first-order valence-electron chi connectivity index (χ1n) is 25.8. The van der Waals surface area contributed by atoms with E-state index in [0.717, 1.165) is 77.0 Å². The monoisotopic (exact) mass is 1060 g/mol. The maximum Gasteiger partial charge on any atom is 0.232 e. The van der Waals surface area contributed by atoms with E-state index < -0.39 is 0 Å². The highest BCUT2D eigenvalue weighted by Gasteiger charge is 2.69. The van der Waals surface area contributed by atoms with E-state index in [0.29, 0.717) is 58.1 Å². The molecule has 0 spiro atoms. The van der Waals surface area contributed by atoms with Crippen molar-refractivity contribution in [3.63, 3.8) is 0 Å². The lowest BCUT2D eigenvalue weighted by molar-refractivity contribution is -0.197. The molecule has 8 saturated carbocycles. The number of aromatic nitrogens is 3. The number of carbonyl (C=O) groups is 8. The van der Waals surface area contributed by atoms with Crippen LogP contribution in [-0.2, 0) is 51.8 Å². The zero-order chi connectivity index (χ0) is 56.6. The molecule has 8 aliphatic rings. The molecule has 0 saturated heterocycles. The number of azide groups is 2. The summed E-state index contributed by atoms with van der Waals surface area (Å²) < 4.78 is 1.57. The fourth-order valence-corrected chi connectivity index (χ4v) is 15.8. The van der Waals surface area contributed by atoms with Crippen molar-refractivity contribution in [1.29, 1.82) is 0 Å². The molecule has 1 aromatic heterocycles. The Hall–Kier alpha value is -6.92. The van der Waals surface area contributed by atoms with Crippen LogP contribution in [0.3, 0.4) is 0 Å². The molecule has 0 atom stereocenters. The summed E-state index contributed by atoms with van der Waals surface area (Å²) in [5.41, 5.74) is 14.0. The predicted octanol–water partition coefficient (Wildman–Crippen LogP) is 2.92.